The van der Waals surface area contributed by atoms with E-state index in [0.29, 0.717) is 0 Å². The van der Waals surface area contributed by atoms with Gasteiger partial charge in [0.05, 0.1) is 7.11 Å². The van der Waals surface area contributed by atoms with Crippen molar-refractivity contribution >= 4 is 29.9 Å². The minimum absolute atomic E-state index is 0. The van der Waals surface area contributed by atoms with Gasteiger partial charge in [-0.3, -0.25) is 0 Å². The normalized spacial score (nSPS) is 6.89. The second-order valence-electron chi connectivity index (χ2n) is 3.73. The first-order valence-electron chi connectivity index (χ1n) is 7.26. The van der Waals surface area contributed by atoms with E-state index in [4.69, 9.17) is 0 Å². The van der Waals surface area contributed by atoms with Crippen molar-refractivity contribution in [2.24, 2.45) is 0 Å². The van der Waals surface area contributed by atoms with Gasteiger partial charge in [0.15, 0.2) is 0 Å². The standard InChI is InChI=1S/C4H6O2.3C4H10.Sn/c1-3-4(5)6-2;3*1-3-4-2;/h3H,1H2,2H3;3*3-4H2,1-2H3;. The number of carbonyl (C=O) groups excluding carboxylic acids is 1. The molecule has 0 saturated heterocycles. The minimum atomic E-state index is -0.394. The second kappa shape index (κ2) is 43.0. The van der Waals surface area contributed by atoms with Crippen molar-refractivity contribution in [3.63, 3.8) is 0 Å². The zero-order valence-corrected chi connectivity index (χ0v) is 17.2. The summed E-state index contributed by atoms with van der Waals surface area (Å²) >= 11 is 0. The van der Waals surface area contributed by atoms with Gasteiger partial charge in [0, 0.05) is 30.0 Å². The van der Waals surface area contributed by atoms with Crippen LogP contribution in [0.25, 0.3) is 0 Å². The first-order chi connectivity index (χ1) is 8.55. The molecule has 19 heavy (non-hydrogen) atoms. The molecule has 3 heteroatoms. The van der Waals surface area contributed by atoms with Crippen LogP contribution in [0.1, 0.15) is 80.1 Å². The van der Waals surface area contributed by atoms with Gasteiger partial charge in [-0.2, -0.15) is 0 Å². The third kappa shape index (κ3) is 94.0. The first-order valence-corrected chi connectivity index (χ1v) is 7.26. The number of rotatable bonds is 4. The molecule has 0 rings (SSSR count). The largest absolute Gasteiger partial charge is 0.466 e. The van der Waals surface area contributed by atoms with Crippen molar-refractivity contribution in [2.45, 2.75) is 80.1 Å². The molecule has 0 bridgehead atoms. The summed E-state index contributed by atoms with van der Waals surface area (Å²) in [5, 5.41) is 0. The number of esters is 1. The second-order valence-corrected chi connectivity index (χ2v) is 3.73. The first kappa shape index (κ1) is 31.4. The van der Waals surface area contributed by atoms with Crippen LogP contribution in [0.15, 0.2) is 12.7 Å². The Morgan fingerprint density at radius 1 is 0.842 bits per heavy atom. The van der Waals surface area contributed by atoms with Gasteiger partial charge in [0.25, 0.3) is 0 Å². The van der Waals surface area contributed by atoms with Crippen molar-refractivity contribution in [1.82, 2.24) is 0 Å². The Balaban J connectivity index is -0.0000000459. The molecule has 0 fully saturated rings. The van der Waals surface area contributed by atoms with Crippen LogP contribution >= 0.6 is 0 Å². The molecule has 0 amide bonds. The summed E-state index contributed by atoms with van der Waals surface area (Å²) < 4.78 is 4.14. The summed E-state index contributed by atoms with van der Waals surface area (Å²) in [4.78, 5) is 9.84. The van der Waals surface area contributed by atoms with Gasteiger partial charge in [-0.25, -0.2) is 4.79 Å². The molecule has 0 aliphatic heterocycles. The van der Waals surface area contributed by atoms with Gasteiger partial charge in [0.1, 0.15) is 0 Å². The predicted octanol–water partition coefficient (Wildman–Crippen LogP) is 5.38. The molecule has 0 atom stereocenters. The summed E-state index contributed by atoms with van der Waals surface area (Å²) in [5.41, 5.74) is 0. The third-order valence-corrected chi connectivity index (χ3v) is 1.87. The van der Waals surface area contributed by atoms with Crippen LogP contribution in [0.5, 0.6) is 0 Å². The van der Waals surface area contributed by atoms with E-state index in [1.807, 2.05) is 0 Å². The molecule has 0 aromatic rings. The molecule has 0 N–H and O–H groups in total. The fraction of sp³-hybridized carbons (Fsp3) is 0.812. The smallest absolute Gasteiger partial charge is 0.329 e. The number of hydrogen-bond acceptors (Lipinski definition) is 2. The number of methoxy groups -OCH3 is 1. The summed E-state index contributed by atoms with van der Waals surface area (Å²) in [7, 11) is 1.31. The Kier molecular flexibility index (Phi) is 71.1. The Morgan fingerprint density at radius 2 is 1.05 bits per heavy atom. The molecule has 0 spiro atoms. The molecule has 0 saturated carbocycles. The summed E-state index contributed by atoms with van der Waals surface area (Å²) in [6, 6.07) is 0. The molecule has 0 aromatic heterocycles. The maximum atomic E-state index is 9.84. The molecule has 4 radical (unpaired) electrons. The SMILES string of the molecule is C=CC(=O)OC.CCCC.CCCC.CCCC.[Sn]. The van der Waals surface area contributed by atoms with Crippen molar-refractivity contribution in [3.8, 4) is 0 Å². The molecular weight excluding hydrogens is 343 g/mol. The minimum Gasteiger partial charge on any atom is -0.466 e. The summed E-state index contributed by atoms with van der Waals surface area (Å²) in [6.07, 6.45) is 9.03. The van der Waals surface area contributed by atoms with Crippen LogP contribution in [-0.4, -0.2) is 37.0 Å². The fourth-order valence-corrected chi connectivity index (χ4v) is 0.0833. The average molecular weight is 379 g/mol. The monoisotopic (exact) mass is 380 g/mol. The molecule has 0 aliphatic carbocycles. The van der Waals surface area contributed by atoms with Crippen LogP contribution in [0.4, 0.5) is 0 Å². The van der Waals surface area contributed by atoms with Crippen molar-refractivity contribution < 1.29 is 9.53 Å². The predicted molar refractivity (Wildman–Crippen MR) is 89.7 cm³/mol. The van der Waals surface area contributed by atoms with Gasteiger partial charge in [-0.1, -0.05) is 86.6 Å². The molecule has 0 aromatic carbocycles. The summed E-state index contributed by atoms with van der Waals surface area (Å²) in [6.45, 7) is 16.2. The van der Waals surface area contributed by atoms with Gasteiger partial charge < -0.3 is 4.74 Å². The molecule has 2 nitrogen and oxygen atoms in total. The van der Waals surface area contributed by atoms with E-state index in [-0.39, 0.29) is 23.9 Å². The number of carbonyl (C=O) groups is 1. The van der Waals surface area contributed by atoms with E-state index < -0.39 is 5.97 Å². The Labute approximate surface area is 139 Å². The van der Waals surface area contributed by atoms with Crippen LogP contribution in [0, 0.1) is 0 Å². The van der Waals surface area contributed by atoms with Crippen molar-refractivity contribution in [2.75, 3.05) is 7.11 Å². The van der Waals surface area contributed by atoms with Gasteiger partial charge >= 0.3 is 5.97 Å². The van der Waals surface area contributed by atoms with E-state index >= 15 is 0 Å². The van der Waals surface area contributed by atoms with Crippen LogP contribution in [0.3, 0.4) is 0 Å². The van der Waals surface area contributed by atoms with Crippen LogP contribution < -0.4 is 0 Å². The Bertz CT molecular complexity index is 121. The van der Waals surface area contributed by atoms with Crippen LogP contribution in [-0.2, 0) is 9.53 Å². The Hall–Kier alpha value is 0.00870. The van der Waals surface area contributed by atoms with E-state index in [2.05, 4.69) is 52.9 Å². The topological polar surface area (TPSA) is 26.3 Å². The Morgan fingerprint density at radius 3 is 1.05 bits per heavy atom. The van der Waals surface area contributed by atoms with Gasteiger partial charge in [0.2, 0.25) is 0 Å². The van der Waals surface area contributed by atoms with Gasteiger partial charge in [-0.05, 0) is 0 Å². The molecule has 116 valence electrons. The maximum absolute atomic E-state index is 9.84. The van der Waals surface area contributed by atoms with Crippen molar-refractivity contribution in [1.29, 1.82) is 0 Å². The zero-order chi connectivity index (χ0) is 15.2. The quantitative estimate of drug-likeness (QED) is 0.372. The van der Waals surface area contributed by atoms with E-state index in [9.17, 15) is 4.79 Å². The zero-order valence-electron chi connectivity index (χ0n) is 14.3. The number of hydrogen-bond donors (Lipinski definition) is 0. The van der Waals surface area contributed by atoms with Crippen molar-refractivity contribution in [3.05, 3.63) is 12.7 Å². The fourth-order valence-electron chi connectivity index (χ4n) is 0.0833. The average Bonchev–Trinajstić information content (AvgIpc) is 2.46. The number of ether oxygens (including phenoxy) is 1. The van der Waals surface area contributed by atoms with Crippen LogP contribution in [0.2, 0.25) is 0 Å². The molecular formula is C16H36O2Sn. The number of unbranched alkanes of at least 4 members (excludes halogenated alkanes) is 3. The molecule has 0 heterocycles. The maximum Gasteiger partial charge on any atom is 0.329 e. The van der Waals surface area contributed by atoms with E-state index in [1.165, 1.54) is 45.6 Å². The molecule has 0 unspecified atom stereocenters. The van der Waals surface area contributed by atoms with Gasteiger partial charge in [-0.15, -0.1) is 0 Å². The molecule has 0 aliphatic rings. The third-order valence-electron chi connectivity index (χ3n) is 1.87. The van der Waals surface area contributed by atoms with E-state index in [1.54, 1.807) is 0 Å². The summed E-state index contributed by atoms with van der Waals surface area (Å²) in [5.74, 6) is -0.394. The van der Waals surface area contributed by atoms with E-state index in [0.717, 1.165) is 6.08 Å².